The number of aromatic nitrogens is 1. The molecule has 0 aliphatic rings. The molecule has 17 heavy (non-hydrogen) atoms. The zero-order valence-electron chi connectivity index (χ0n) is 9.68. The van der Waals surface area contributed by atoms with Crippen LogP contribution < -0.4 is 15.8 Å². The van der Waals surface area contributed by atoms with Gasteiger partial charge in [-0.25, -0.2) is 0 Å². The van der Waals surface area contributed by atoms with Crippen LogP contribution in [0.25, 0.3) is 0 Å². The first-order valence-electron chi connectivity index (χ1n) is 5.35. The number of anilines is 2. The van der Waals surface area contributed by atoms with E-state index in [-0.39, 0.29) is 0 Å². The fourth-order valence-electron chi connectivity index (χ4n) is 1.55. The van der Waals surface area contributed by atoms with Gasteiger partial charge in [0.2, 0.25) is 0 Å². The number of nitrogens with two attached hydrogens (primary N) is 1. The molecular weight excluding hydrogens is 214 g/mol. The second-order valence-corrected chi connectivity index (χ2v) is 3.71. The molecule has 0 saturated heterocycles. The molecular formula is C13H15N3O. The topological polar surface area (TPSA) is 60.2 Å². The Morgan fingerprint density at radius 3 is 2.94 bits per heavy atom. The summed E-state index contributed by atoms with van der Waals surface area (Å²) < 4.78 is 5.16. The molecule has 0 amide bonds. The Morgan fingerprint density at radius 2 is 2.24 bits per heavy atom. The van der Waals surface area contributed by atoms with Gasteiger partial charge in [-0.05, 0) is 17.7 Å². The number of hydrogen-bond acceptors (Lipinski definition) is 4. The quantitative estimate of drug-likeness (QED) is 0.790. The number of benzene rings is 1. The van der Waals surface area contributed by atoms with E-state index in [9.17, 15) is 0 Å². The molecule has 0 radical (unpaired) electrons. The van der Waals surface area contributed by atoms with Gasteiger partial charge in [-0.15, -0.1) is 0 Å². The van der Waals surface area contributed by atoms with Gasteiger partial charge in [-0.1, -0.05) is 6.07 Å². The van der Waals surface area contributed by atoms with Crippen molar-refractivity contribution in [3.63, 3.8) is 0 Å². The van der Waals surface area contributed by atoms with Crippen LogP contribution >= 0.6 is 0 Å². The number of methoxy groups -OCH3 is 1. The highest BCUT2D eigenvalue weighted by molar-refractivity contribution is 5.59. The van der Waals surface area contributed by atoms with Crippen molar-refractivity contribution >= 4 is 11.4 Å². The Kier molecular flexibility index (Phi) is 3.45. The third kappa shape index (κ3) is 3.11. The minimum Gasteiger partial charge on any atom is -0.497 e. The number of nitrogen functional groups attached to an aromatic ring is 1. The minimum atomic E-state index is 0.679. The molecule has 0 unspecified atom stereocenters. The smallest absolute Gasteiger partial charge is 0.122 e. The van der Waals surface area contributed by atoms with E-state index in [1.54, 1.807) is 19.4 Å². The Morgan fingerprint density at radius 1 is 1.35 bits per heavy atom. The Labute approximate surface area is 100 Å². The summed E-state index contributed by atoms with van der Waals surface area (Å²) in [5.74, 6) is 0.749. The van der Waals surface area contributed by atoms with E-state index in [1.165, 1.54) is 0 Å². The molecule has 88 valence electrons. The van der Waals surface area contributed by atoms with Crippen LogP contribution in [-0.2, 0) is 6.54 Å². The summed E-state index contributed by atoms with van der Waals surface area (Å²) in [6, 6.07) is 9.50. The van der Waals surface area contributed by atoms with Crippen molar-refractivity contribution in [2.75, 3.05) is 18.2 Å². The van der Waals surface area contributed by atoms with Crippen molar-refractivity contribution in [1.29, 1.82) is 0 Å². The Balaban J connectivity index is 2.06. The van der Waals surface area contributed by atoms with Gasteiger partial charge < -0.3 is 15.8 Å². The van der Waals surface area contributed by atoms with Crippen molar-refractivity contribution in [1.82, 2.24) is 4.98 Å². The second kappa shape index (κ2) is 5.21. The van der Waals surface area contributed by atoms with Gasteiger partial charge in [0.1, 0.15) is 5.75 Å². The van der Waals surface area contributed by atoms with Crippen LogP contribution in [0.2, 0.25) is 0 Å². The summed E-state index contributed by atoms with van der Waals surface area (Å²) >= 11 is 0. The number of nitrogens with zero attached hydrogens (tertiary/aromatic N) is 1. The van der Waals surface area contributed by atoms with Crippen LogP contribution in [0.15, 0.2) is 42.7 Å². The SMILES string of the molecule is COc1cc(N)cc(NCc2cccnc2)c1. The highest BCUT2D eigenvalue weighted by atomic mass is 16.5. The molecule has 2 aromatic rings. The lowest BCUT2D eigenvalue weighted by Gasteiger charge is -2.09. The maximum Gasteiger partial charge on any atom is 0.122 e. The predicted octanol–water partition coefficient (Wildman–Crippen LogP) is 2.28. The second-order valence-electron chi connectivity index (χ2n) is 3.71. The summed E-state index contributed by atoms with van der Waals surface area (Å²) in [7, 11) is 1.62. The zero-order chi connectivity index (χ0) is 12.1. The van der Waals surface area contributed by atoms with Crippen molar-refractivity contribution in [3.05, 3.63) is 48.3 Å². The van der Waals surface area contributed by atoms with Gasteiger partial charge in [-0.2, -0.15) is 0 Å². The zero-order valence-corrected chi connectivity index (χ0v) is 9.68. The lowest BCUT2D eigenvalue weighted by atomic mass is 10.2. The summed E-state index contributed by atoms with van der Waals surface area (Å²) in [6.07, 6.45) is 3.59. The van der Waals surface area contributed by atoms with Crippen LogP contribution in [0.1, 0.15) is 5.56 Å². The molecule has 2 rings (SSSR count). The van der Waals surface area contributed by atoms with E-state index in [4.69, 9.17) is 10.5 Å². The van der Waals surface area contributed by atoms with Crippen molar-refractivity contribution in [2.24, 2.45) is 0 Å². The standard InChI is InChI=1S/C13H15N3O/c1-17-13-6-11(14)5-12(7-13)16-9-10-3-2-4-15-8-10/h2-8,16H,9,14H2,1H3. The van der Waals surface area contributed by atoms with Crippen LogP contribution in [0.3, 0.4) is 0 Å². The summed E-state index contributed by atoms with van der Waals surface area (Å²) in [5.41, 5.74) is 8.51. The lowest BCUT2D eigenvalue weighted by Crippen LogP contribution is -2.00. The third-order valence-electron chi connectivity index (χ3n) is 2.38. The summed E-state index contributed by atoms with van der Waals surface area (Å²) in [5, 5.41) is 3.28. The largest absolute Gasteiger partial charge is 0.497 e. The molecule has 3 N–H and O–H groups in total. The minimum absolute atomic E-state index is 0.679. The van der Waals surface area contributed by atoms with E-state index in [2.05, 4.69) is 10.3 Å². The number of rotatable bonds is 4. The van der Waals surface area contributed by atoms with E-state index < -0.39 is 0 Å². The Bertz CT molecular complexity index is 485. The average molecular weight is 229 g/mol. The van der Waals surface area contributed by atoms with Gasteiger partial charge in [0.15, 0.2) is 0 Å². The maximum atomic E-state index is 5.77. The normalized spacial score (nSPS) is 9.94. The highest BCUT2D eigenvalue weighted by Crippen LogP contribution is 2.22. The van der Waals surface area contributed by atoms with Crippen LogP contribution in [0.4, 0.5) is 11.4 Å². The summed E-state index contributed by atoms with van der Waals surface area (Å²) in [4.78, 5) is 4.06. The molecule has 0 saturated carbocycles. The van der Waals surface area contributed by atoms with E-state index in [0.717, 1.165) is 17.0 Å². The van der Waals surface area contributed by atoms with Crippen LogP contribution in [0.5, 0.6) is 5.75 Å². The molecule has 1 aromatic carbocycles. The van der Waals surface area contributed by atoms with Gasteiger partial charge >= 0.3 is 0 Å². The molecule has 1 aromatic heterocycles. The van der Waals surface area contributed by atoms with E-state index in [0.29, 0.717) is 12.2 Å². The van der Waals surface area contributed by atoms with E-state index in [1.807, 2.05) is 30.5 Å². The first-order valence-corrected chi connectivity index (χ1v) is 5.35. The van der Waals surface area contributed by atoms with Gasteiger partial charge in [-0.3, -0.25) is 4.98 Å². The van der Waals surface area contributed by atoms with Crippen molar-refractivity contribution in [3.8, 4) is 5.75 Å². The fraction of sp³-hybridized carbons (Fsp3) is 0.154. The van der Waals surface area contributed by atoms with Crippen molar-refractivity contribution in [2.45, 2.75) is 6.54 Å². The molecule has 0 atom stereocenters. The van der Waals surface area contributed by atoms with Gasteiger partial charge in [0, 0.05) is 42.4 Å². The van der Waals surface area contributed by atoms with Crippen molar-refractivity contribution < 1.29 is 4.74 Å². The molecule has 0 spiro atoms. The van der Waals surface area contributed by atoms with Gasteiger partial charge in [0.25, 0.3) is 0 Å². The highest BCUT2D eigenvalue weighted by Gasteiger charge is 1.99. The van der Waals surface area contributed by atoms with E-state index >= 15 is 0 Å². The molecule has 4 nitrogen and oxygen atoms in total. The molecule has 0 bridgehead atoms. The fourth-order valence-corrected chi connectivity index (χ4v) is 1.55. The third-order valence-corrected chi connectivity index (χ3v) is 2.38. The molecule has 4 heteroatoms. The first kappa shape index (κ1) is 11.3. The monoisotopic (exact) mass is 229 g/mol. The molecule has 1 heterocycles. The molecule has 0 aliphatic heterocycles. The number of pyridine rings is 1. The number of ether oxygens (including phenoxy) is 1. The number of nitrogens with one attached hydrogen (secondary N) is 1. The average Bonchev–Trinajstić information content (AvgIpc) is 2.37. The summed E-state index contributed by atoms with van der Waals surface area (Å²) in [6.45, 7) is 0.709. The molecule has 0 fully saturated rings. The lowest BCUT2D eigenvalue weighted by molar-refractivity contribution is 0.415. The maximum absolute atomic E-state index is 5.77. The van der Waals surface area contributed by atoms with Gasteiger partial charge in [0.05, 0.1) is 7.11 Å². The molecule has 0 aliphatic carbocycles. The van der Waals surface area contributed by atoms with Crippen LogP contribution in [0, 0.1) is 0 Å². The first-order chi connectivity index (χ1) is 8.28. The number of hydrogen-bond donors (Lipinski definition) is 2. The Hall–Kier alpha value is -2.23. The predicted molar refractivity (Wildman–Crippen MR) is 69.0 cm³/mol. The van der Waals surface area contributed by atoms with Crippen LogP contribution in [-0.4, -0.2) is 12.1 Å².